The van der Waals surface area contributed by atoms with Crippen molar-refractivity contribution >= 4 is 11.7 Å². The molecular formula is C17H23FN2O3. The summed E-state index contributed by atoms with van der Waals surface area (Å²) in [7, 11) is 1.37. The first-order valence-corrected chi connectivity index (χ1v) is 7.90. The highest BCUT2D eigenvalue weighted by Gasteiger charge is 2.22. The van der Waals surface area contributed by atoms with Gasteiger partial charge in [0, 0.05) is 30.5 Å². The Morgan fingerprint density at radius 3 is 2.83 bits per heavy atom. The Morgan fingerprint density at radius 2 is 2.17 bits per heavy atom. The van der Waals surface area contributed by atoms with Crippen molar-refractivity contribution in [3.05, 3.63) is 29.6 Å². The van der Waals surface area contributed by atoms with Crippen molar-refractivity contribution in [2.24, 2.45) is 0 Å². The number of hydrogen-bond donors (Lipinski definition) is 2. The van der Waals surface area contributed by atoms with Crippen LogP contribution in [0.3, 0.4) is 0 Å². The van der Waals surface area contributed by atoms with Crippen LogP contribution < -0.4 is 15.4 Å². The Kier molecular flexibility index (Phi) is 6.10. The minimum Gasteiger partial charge on any atom is -0.494 e. The fourth-order valence-electron chi connectivity index (χ4n) is 2.73. The van der Waals surface area contributed by atoms with E-state index in [4.69, 9.17) is 4.74 Å². The van der Waals surface area contributed by atoms with Crippen LogP contribution in [0.1, 0.15) is 43.0 Å². The number of carbonyl (C=O) groups is 2. The third-order valence-corrected chi connectivity index (χ3v) is 4.16. The molecule has 2 atom stereocenters. The lowest BCUT2D eigenvalue weighted by atomic mass is 9.99. The topological polar surface area (TPSA) is 67.4 Å². The van der Waals surface area contributed by atoms with Gasteiger partial charge in [0.25, 0.3) is 0 Å². The molecule has 0 spiro atoms. The molecule has 1 aliphatic heterocycles. The van der Waals surface area contributed by atoms with Crippen molar-refractivity contribution in [1.82, 2.24) is 10.6 Å². The van der Waals surface area contributed by atoms with Gasteiger partial charge in [-0.2, -0.15) is 0 Å². The van der Waals surface area contributed by atoms with Crippen molar-refractivity contribution in [1.29, 1.82) is 0 Å². The molecule has 0 aliphatic carbocycles. The van der Waals surface area contributed by atoms with Crippen molar-refractivity contribution in [3.8, 4) is 5.75 Å². The van der Waals surface area contributed by atoms with Crippen LogP contribution in [-0.2, 0) is 4.79 Å². The van der Waals surface area contributed by atoms with E-state index in [1.54, 1.807) is 0 Å². The number of methoxy groups -OCH3 is 1. The van der Waals surface area contributed by atoms with Crippen molar-refractivity contribution in [2.45, 2.75) is 44.7 Å². The summed E-state index contributed by atoms with van der Waals surface area (Å²) < 4.78 is 18.4. The Balaban J connectivity index is 1.83. The van der Waals surface area contributed by atoms with Gasteiger partial charge in [0.1, 0.15) is 0 Å². The van der Waals surface area contributed by atoms with Crippen LogP contribution >= 0.6 is 0 Å². The van der Waals surface area contributed by atoms with Gasteiger partial charge in [-0.05, 0) is 44.5 Å². The van der Waals surface area contributed by atoms with E-state index in [2.05, 4.69) is 10.6 Å². The number of piperidine rings is 1. The summed E-state index contributed by atoms with van der Waals surface area (Å²) in [5, 5.41) is 6.27. The lowest BCUT2D eigenvalue weighted by Gasteiger charge is -2.30. The van der Waals surface area contributed by atoms with E-state index in [9.17, 15) is 14.0 Å². The zero-order valence-corrected chi connectivity index (χ0v) is 13.5. The molecule has 1 saturated heterocycles. The average Bonchev–Trinajstić information content (AvgIpc) is 2.54. The standard InChI is InChI=1S/C17H23FN2O3/c1-11-14(4-3-9-19-11)20-17(22)8-6-15(21)12-5-7-16(23-2)13(18)10-12/h5,7,10-11,14,19H,3-4,6,8-9H2,1-2H3,(H,20,22). The summed E-state index contributed by atoms with van der Waals surface area (Å²) in [5.74, 6) is -0.882. The van der Waals surface area contributed by atoms with E-state index in [0.717, 1.165) is 25.5 Å². The molecular weight excluding hydrogens is 299 g/mol. The van der Waals surface area contributed by atoms with Crippen LogP contribution in [0.15, 0.2) is 18.2 Å². The number of hydrogen-bond acceptors (Lipinski definition) is 4. The summed E-state index contributed by atoms with van der Waals surface area (Å²) in [6.45, 7) is 3.00. The summed E-state index contributed by atoms with van der Waals surface area (Å²) in [6, 6.07) is 4.41. The molecule has 0 bridgehead atoms. The second-order valence-electron chi connectivity index (χ2n) is 5.83. The third-order valence-electron chi connectivity index (χ3n) is 4.16. The number of halogens is 1. The van der Waals surface area contributed by atoms with Gasteiger partial charge < -0.3 is 15.4 Å². The van der Waals surface area contributed by atoms with Gasteiger partial charge >= 0.3 is 0 Å². The van der Waals surface area contributed by atoms with Crippen LogP contribution in [0.25, 0.3) is 0 Å². The lowest BCUT2D eigenvalue weighted by molar-refractivity contribution is -0.122. The second-order valence-corrected chi connectivity index (χ2v) is 5.83. The first-order valence-electron chi connectivity index (χ1n) is 7.90. The Labute approximate surface area is 135 Å². The van der Waals surface area contributed by atoms with Gasteiger partial charge in [0.15, 0.2) is 17.3 Å². The molecule has 1 aliphatic rings. The molecule has 1 fully saturated rings. The number of rotatable bonds is 6. The zero-order chi connectivity index (χ0) is 16.8. The van der Waals surface area contributed by atoms with Crippen molar-refractivity contribution in [3.63, 3.8) is 0 Å². The monoisotopic (exact) mass is 322 g/mol. The van der Waals surface area contributed by atoms with E-state index < -0.39 is 5.82 Å². The Bertz CT molecular complexity index is 577. The maximum atomic E-state index is 13.6. The van der Waals surface area contributed by atoms with E-state index >= 15 is 0 Å². The van der Waals surface area contributed by atoms with Gasteiger partial charge in [-0.25, -0.2) is 4.39 Å². The van der Waals surface area contributed by atoms with Crippen LogP contribution in [0.4, 0.5) is 4.39 Å². The fraction of sp³-hybridized carbons (Fsp3) is 0.529. The molecule has 126 valence electrons. The van der Waals surface area contributed by atoms with Gasteiger partial charge in [0.2, 0.25) is 5.91 Å². The maximum Gasteiger partial charge on any atom is 0.220 e. The molecule has 2 unspecified atom stereocenters. The number of Topliss-reactive ketones (excluding diaryl/α,β-unsaturated/α-hetero) is 1. The van der Waals surface area contributed by atoms with Crippen LogP contribution in [-0.4, -0.2) is 37.4 Å². The normalized spacial score (nSPS) is 20.8. The second kappa shape index (κ2) is 8.06. The number of ketones is 1. The molecule has 1 amide bonds. The van der Waals surface area contributed by atoms with Gasteiger partial charge in [-0.15, -0.1) is 0 Å². The first-order chi connectivity index (χ1) is 11.0. The third kappa shape index (κ3) is 4.76. The van der Waals surface area contributed by atoms with Gasteiger partial charge in [-0.3, -0.25) is 9.59 Å². The number of ether oxygens (including phenoxy) is 1. The molecule has 0 aromatic heterocycles. The molecule has 23 heavy (non-hydrogen) atoms. The van der Waals surface area contributed by atoms with Gasteiger partial charge in [-0.1, -0.05) is 0 Å². The first kappa shape index (κ1) is 17.4. The minimum absolute atomic E-state index is 0.0616. The number of nitrogens with one attached hydrogen (secondary N) is 2. The molecule has 1 heterocycles. The van der Waals surface area contributed by atoms with Gasteiger partial charge in [0.05, 0.1) is 7.11 Å². The molecule has 0 saturated carbocycles. The predicted molar refractivity (Wildman–Crippen MR) is 85.1 cm³/mol. The number of carbonyl (C=O) groups excluding carboxylic acids is 2. The highest BCUT2D eigenvalue weighted by atomic mass is 19.1. The quantitative estimate of drug-likeness (QED) is 0.787. The van der Waals surface area contributed by atoms with E-state index in [-0.39, 0.29) is 47.9 Å². The SMILES string of the molecule is COc1ccc(C(=O)CCC(=O)NC2CCCNC2C)cc1F. The predicted octanol–water partition coefficient (Wildman–Crippen LogP) is 2.05. The molecule has 5 nitrogen and oxygen atoms in total. The summed E-state index contributed by atoms with van der Waals surface area (Å²) in [6.07, 6.45) is 2.14. The van der Waals surface area contributed by atoms with Crippen LogP contribution in [0, 0.1) is 5.82 Å². The zero-order valence-electron chi connectivity index (χ0n) is 13.5. The van der Waals surface area contributed by atoms with Crippen LogP contribution in [0.2, 0.25) is 0 Å². The highest BCUT2D eigenvalue weighted by molar-refractivity contribution is 5.98. The summed E-state index contributed by atoms with van der Waals surface area (Å²) >= 11 is 0. The van der Waals surface area contributed by atoms with E-state index in [1.165, 1.54) is 19.2 Å². The molecule has 0 radical (unpaired) electrons. The summed E-state index contributed by atoms with van der Waals surface area (Å²) in [4.78, 5) is 24.0. The highest BCUT2D eigenvalue weighted by Crippen LogP contribution is 2.19. The Hall–Kier alpha value is -1.95. The van der Waals surface area contributed by atoms with E-state index in [1.807, 2.05) is 6.92 Å². The molecule has 1 aromatic rings. The largest absolute Gasteiger partial charge is 0.494 e. The van der Waals surface area contributed by atoms with E-state index in [0.29, 0.717) is 0 Å². The molecule has 6 heteroatoms. The Morgan fingerprint density at radius 1 is 1.39 bits per heavy atom. The van der Waals surface area contributed by atoms with Crippen molar-refractivity contribution < 1.29 is 18.7 Å². The lowest BCUT2D eigenvalue weighted by Crippen LogP contribution is -2.51. The number of benzene rings is 1. The maximum absolute atomic E-state index is 13.6. The molecule has 1 aromatic carbocycles. The van der Waals surface area contributed by atoms with Crippen molar-refractivity contribution in [2.75, 3.05) is 13.7 Å². The summed E-state index contributed by atoms with van der Waals surface area (Å²) in [5.41, 5.74) is 0.254. The average molecular weight is 322 g/mol. The number of amides is 1. The minimum atomic E-state index is -0.579. The smallest absolute Gasteiger partial charge is 0.220 e. The molecule has 2 N–H and O–H groups in total. The molecule has 2 rings (SSSR count). The van der Waals surface area contributed by atoms with Crippen LogP contribution in [0.5, 0.6) is 5.75 Å². The fourth-order valence-corrected chi connectivity index (χ4v) is 2.73.